The maximum Gasteiger partial charge on any atom is 0.273 e. The largest absolute Gasteiger partial charge is 0.362 e. The molecule has 7 nitrogen and oxygen atoms in total. The number of hydrogen-bond donors (Lipinski definition) is 2. The lowest BCUT2D eigenvalue weighted by molar-refractivity contribution is -0.123. The van der Waals surface area contributed by atoms with Crippen LogP contribution in [0.25, 0.3) is 0 Å². The number of aromatic nitrogens is 1. The summed E-state index contributed by atoms with van der Waals surface area (Å²) >= 11 is 1.46. The number of thiazole rings is 1. The average Bonchev–Trinajstić information content (AvgIpc) is 3.11. The maximum atomic E-state index is 12.6. The highest BCUT2D eigenvalue weighted by atomic mass is 32.1. The zero-order valence-corrected chi connectivity index (χ0v) is 16.3. The number of nitrogens with one attached hydrogen (secondary N) is 2. The van der Waals surface area contributed by atoms with Crippen LogP contribution in [0.15, 0.2) is 5.38 Å². The summed E-state index contributed by atoms with van der Waals surface area (Å²) in [5, 5.41) is 8.89. The highest BCUT2D eigenvalue weighted by molar-refractivity contribution is 7.13. The van der Waals surface area contributed by atoms with Gasteiger partial charge in [-0.1, -0.05) is 19.3 Å². The van der Waals surface area contributed by atoms with Crippen molar-refractivity contribution in [3.63, 3.8) is 0 Å². The lowest BCUT2D eigenvalue weighted by Gasteiger charge is -2.34. The summed E-state index contributed by atoms with van der Waals surface area (Å²) in [4.78, 5) is 33.1. The summed E-state index contributed by atoms with van der Waals surface area (Å²) in [6.07, 6.45) is 5.94. The number of amides is 2. The second-order valence-corrected chi connectivity index (χ2v) is 7.90. The summed E-state index contributed by atoms with van der Waals surface area (Å²) in [5.74, 6) is 0.100. The summed E-state index contributed by atoms with van der Waals surface area (Å²) in [6.45, 7) is 5.98. The molecular formula is C18H29N5O2S. The zero-order chi connectivity index (χ0) is 18.4. The Morgan fingerprint density at radius 1 is 1.19 bits per heavy atom. The molecule has 2 aliphatic rings. The van der Waals surface area contributed by atoms with Crippen LogP contribution in [0.2, 0.25) is 0 Å². The van der Waals surface area contributed by atoms with Crippen LogP contribution in [0.3, 0.4) is 0 Å². The van der Waals surface area contributed by atoms with Crippen molar-refractivity contribution >= 4 is 28.3 Å². The van der Waals surface area contributed by atoms with Crippen molar-refractivity contribution in [2.75, 3.05) is 44.6 Å². The lowest BCUT2D eigenvalue weighted by atomic mass is 9.95. The smallest absolute Gasteiger partial charge is 0.273 e. The van der Waals surface area contributed by atoms with Gasteiger partial charge in [-0.25, -0.2) is 4.98 Å². The average molecular weight is 380 g/mol. The van der Waals surface area contributed by atoms with Crippen molar-refractivity contribution in [3.8, 4) is 0 Å². The molecule has 0 spiro atoms. The molecule has 1 saturated carbocycles. The molecule has 3 rings (SSSR count). The van der Waals surface area contributed by atoms with Gasteiger partial charge in [0.2, 0.25) is 5.91 Å². The van der Waals surface area contributed by atoms with E-state index in [4.69, 9.17) is 0 Å². The highest BCUT2D eigenvalue weighted by Crippen LogP contribution is 2.18. The molecule has 0 unspecified atom stereocenters. The predicted octanol–water partition coefficient (Wildman–Crippen LogP) is 1.78. The molecule has 26 heavy (non-hydrogen) atoms. The van der Waals surface area contributed by atoms with E-state index in [2.05, 4.69) is 20.5 Å². The van der Waals surface area contributed by atoms with E-state index in [1.807, 2.05) is 17.2 Å². The number of carbonyl (C=O) groups excluding carboxylic acids is 2. The minimum atomic E-state index is -0.0169. The minimum Gasteiger partial charge on any atom is -0.362 e. The van der Waals surface area contributed by atoms with E-state index in [1.54, 1.807) is 0 Å². The Morgan fingerprint density at radius 3 is 2.62 bits per heavy atom. The Hall–Kier alpha value is -1.67. The molecule has 1 aliphatic carbocycles. The summed E-state index contributed by atoms with van der Waals surface area (Å²) < 4.78 is 0. The van der Waals surface area contributed by atoms with Crippen molar-refractivity contribution in [3.05, 3.63) is 11.1 Å². The predicted molar refractivity (Wildman–Crippen MR) is 104 cm³/mol. The van der Waals surface area contributed by atoms with E-state index in [0.717, 1.165) is 37.6 Å². The standard InChI is InChI=1S/C18H29N5O2S/c1-2-19-18-21-15(13-26-18)17(25)23-10-8-22(9-11-23)12-16(24)20-14-6-4-3-5-7-14/h13-14H,2-12H2,1H3,(H,19,21)(H,20,24). The first kappa shape index (κ1) is 19.1. The van der Waals surface area contributed by atoms with Gasteiger partial charge in [0.15, 0.2) is 5.13 Å². The molecule has 8 heteroatoms. The van der Waals surface area contributed by atoms with Crippen molar-refractivity contribution in [2.45, 2.75) is 45.1 Å². The molecule has 0 radical (unpaired) electrons. The van der Waals surface area contributed by atoms with Crippen LogP contribution in [0.4, 0.5) is 5.13 Å². The van der Waals surface area contributed by atoms with Gasteiger partial charge in [0.25, 0.3) is 5.91 Å². The molecule has 1 aliphatic heterocycles. The first-order valence-electron chi connectivity index (χ1n) is 9.66. The summed E-state index contributed by atoms with van der Waals surface area (Å²) in [7, 11) is 0. The highest BCUT2D eigenvalue weighted by Gasteiger charge is 2.25. The zero-order valence-electron chi connectivity index (χ0n) is 15.5. The van der Waals surface area contributed by atoms with E-state index < -0.39 is 0 Å². The van der Waals surface area contributed by atoms with Gasteiger partial charge in [-0.3, -0.25) is 14.5 Å². The Balaban J connectivity index is 1.41. The molecule has 2 heterocycles. The van der Waals surface area contributed by atoms with Crippen LogP contribution in [-0.2, 0) is 4.79 Å². The van der Waals surface area contributed by atoms with Crippen molar-refractivity contribution < 1.29 is 9.59 Å². The monoisotopic (exact) mass is 379 g/mol. The van der Waals surface area contributed by atoms with E-state index in [9.17, 15) is 9.59 Å². The molecule has 1 aromatic heterocycles. The minimum absolute atomic E-state index is 0.0169. The SMILES string of the molecule is CCNc1nc(C(=O)N2CCN(CC(=O)NC3CCCCC3)CC2)cs1. The lowest BCUT2D eigenvalue weighted by Crippen LogP contribution is -2.52. The van der Waals surface area contributed by atoms with E-state index >= 15 is 0 Å². The third-order valence-electron chi connectivity index (χ3n) is 5.05. The van der Waals surface area contributed by atoms with Gasteiger partial charge in [-0.15, -0.1) is 11.3 Å². The van der Waals surface area contributed by atoms with Crippen LogP contribution >= 0.6 is 11.3 Å². The number of piperazine rings is 1. The molecule has 2 N–H and O–H groups in total. The molecule has 2 fully saturated rings. The van der Waals surface area contributed by atoms with E-state index in [1.165, 1.54) is 30.6 Å². The molecule has 1 aromatic rings. The second-order valence-electron chi connectivity index (χ2n) is 7.04. The molecule has 2 amide bonds. The normalized spacial score (nSPS) is 19.3. The fourth-order valence-electron chi connectivity index (χ4n) is 3.60. The number of nitrogens with zero attached hydrogens (tertiary/aromatic N) is 3. The molecule has 0 bridgehead atoms. The quantitative estimate of drug-likeness (QED) is 0.788. The fraction of sp³-hybridized carbons (Fsp3) is 0.722. The Kier molecular flexibility index (Phi) is 6.85. The topological polar surface area (TPSA) is 77.6 Å². The second kappa shape index (κ2) is 9.32. The van der Waals surface area contributed by atoms with Gasteiger partial charge < -0.3 is 15.5 Å². The van der Waals surface area contributed by atoms with Gasteiger partial charge in [0.1, 0.15) is 5.69 Å². The van der Waals surface area contributed by atoms with Crippen molar-refractivity contribution in [2.24, 2.45) is 0 Å². The number of anilines is 1. The van der Waals surface area contributed by atoms with E-state index in [-0.39, 0.29) is 11.8 Å². The number of hydrogen-bond acceptors (Lipinski definition) is 6. The Morgan fingerprint density at radius 2 is 1.92 bits per heavy atom. The van der Waals surface area contributed by atoms with Gasteiger partial charge in [-0.05, 0) is 19.8 Å². The summed E-state index contributed by atoms with van der Waals surface area (Å²) in [5.41, 5.74) is 0.509. The van der Waals surface area contributed by atoms with Gasteiger partial charge >= 0.3 is 0 Å². The Labute approximate surface area is 159 Å². The van der Waals surface area contributed by atoms with Crippen LogP contribution in [0.5, 0.6) is 0 Å². The first-order chi connectivity index (χ1) is 12.7. The number of carbonyl (C=O) groups is 2. The Bertz CT molecular complexity index is 606. The van der Waals surface area contributed by atoms with Gasteiger partial charge in [0.05, 0.1) is 6.54 Å². The third-order valence-corrected chi connectivity index (χ3v) is 5.85. The van der Waals surface area contributed by atoms with Crippen LogP contribution in [0, 0.1) is 0 Å². The number of rotatable bonds is 6. The summed E-state index contributed by atoms with van der Waals surface area (Å²) in [6, 6.07) is 0.356. The fourth-order valence-corrected chi connectivity index (χ4v) is 4.35. The van der Waals surface area contributed by atoms with Gasteiger partial charge in [-0.2, -0.15) is 0 Å². The van der Waals surface area contributed by atoms with Crippen molar-refractivity contribution in [1.82, 2.24) is 20.1 Å². The van der Waals surface area contributed by atoms with Crippen molar-refractivity contribution in [1.29, 1.82) is 0 Å². The first-order valence-corrected chi connectivity index (χ1v) is 10.5. The van der Waals surface area contributed by atoms with Crippen LogP contribution < -0.4 is 10.6 Å². The van der Waals surface area contributed by atoms with Crippen LogP contribution in [-0.4, -0.2) is 71.9 Å². The third kappa shape index (κ3) is 5.17. The van der Waals surface area contributed by atoms with Crippen LogP contribution in [0.1, 0.15) is 49.5 Å². The molecule has 0 aromatic carbocycles. The van der Waals surface area contributed by atoms with Gasteiger partial charge in [0, 0.05) is 44.1 Å². The molecular weight excluding hydrogens is 350 g/mol. The maximum absolute atomic E-state index is 12.6. The molecule has 0 atom stereocenters. The molecule has 144 valence electrons. The molecule has 1 saturated heterocycles. The van der Waals surface area contributed by atoms with E-state index in [0.29, 0.717) is 31.4 Å².